The lowest BCUT2D eigenvalue weighted by atomic mass is 9.93. The molecule has 1 atom stereocenters. The van der Waals surface area contributed by atoms with E-state index in [1.165, 1.54) is 5.56 Å². The summed E-state index contributed by atoms with van der Waals surface area (Å²) >= 11 is 0. The number of amides is 1. The van der Waals surface area contributed by atoms with Crippen LogP contribution in [-0.2, 0) is 0 Å². The summed E-state index contributed by atoms with van der Waals surface area (Å²) in [7, 11) is 2.11. The van der Waals surface area contributed by atoms with Gasteiger partial charge in [0.25, 0.3) is 5.91 Å². The summed E-state index contributed by atoms with van der Waals surface area (Å²) in [5, 5.41) is 3.39. The van der Waals surface area contributed by atoms with E-state index >= 15 is 0 Å². The number of carbonyl (C=O) groups is 1. The molecule has 3 rings (SSSR count). The number of piperazine rings is 1. The third-order valence-corrected chi connectivity index (χ3v) is 4.48. The van der Waals surface area contributed by atoms with Crippen LogP contribution >= 0.6 is 0 Å². The SMILES string of the molecule is CN1CCN(C(=O)c2ccccc2[C@@H]2CCNC2)CC1. The van der Waals surface area contributed by atoms with Gasteiger partial charge in [-0.1, -0.05) is 18.2 Å². The molecule has 1 aromatic carbocycles. The van der Waals surface area contributed by atoms with Crippen molar-refractivity contribution in [2.45, 2.75) is 12.3 Å². The molecule has 0 radical (unpaired) electrons. The molecule has 108 valence electrons. The van der Waals surface area contributed by atoms with Gasteiger partial charge >= 0.3 is 0 Å². The average Bonchev–Trinajstić information content (AvgIpc) is 3.01. The molecule has 1 N–H and O–H groups in total. The van der Waals surface area contributed by atoms with Gasteiger partial charge in [-0.2, -0.15) is 0 Å². The first kappa shape index (κ1) is 13.6. The molecule has 2 heterocycles. The molecule has 0 aliphatic carbocycles. The van der Waals surface area contributed by atoms with E-state index in [0.717, 1.165) is 51.3 Å². The molecule has 1 aromatic rings. The molecule has 4 nitrogen and oxygen atoms in total. The quantitative estimate of drug-likeness (QED) is 0.878. The molecular formula is C16H23N3O. The third-order valence-electron chi connectivity index (χ3n) is 4.48. The van der Waals surface area contributed by atoms with Crippen LogP contribution in [0.5, 0.6) is 0 Å². The van der Waals surface area contributed by atoms with Crippen LogP contribution in [0.3, 0.4) is 0 Å². The molecule has 0 bridgehead atoms. The molecule has 4 heteroatoms. The van der Waals surface area contributed by atoms with Crippen molar-refractivity contribution in [1.29, 1.82) is 0 Å². The maximum absolute atomic E-state index is 12.8. The first-order valence-electron chi connectivity index (χ1n) is 7.53. The van der Waals surface area contributed by atoms with Crippen molar-refractivity contribution < 1.29 is 4.79 Å². The summed E-state index contributed by atoms with van der Waals surface area (Å²) in [5.74, 6) is 0.697. The monoisotopic (exact) mass is 273 g/mol. The summed E-state index contributed by atoms with van der Waals surface area (Å²) in [4.78, 5) is 17.0. The number of carbonyl (C=O) groups excluding carboxylic acids is 1. The highest BCUT2D eigenvalue weighted by atomic mass is 16.2. The Morgan fingerprint density at radius 2 is 1.95 bits per heavy atom. The summed E-state index contributed by atoms with van der Waals surface area (Å²) in [5.41, 5.74) is 2.13. The van der Waals surface area contributed by atoms with E-state index in [-0.39, 0.29) is 5.91 Å². The molecule has 2 aliphatic heterocycles. The van der Waals surface area contributed by atoms with E-state index in [0.29, 0.717) is 5.92 Å². The van der Waals surface area contributed by atoms with Crippen LogP contribution in [0.2, 0.25) is 0 Å². The third kappa shape index (κ3) is 2.72. The Morgan fingerprint density at radius 1 is 1.20 bits per heavy atom. The summed E-state index contributed by atoms with van der Waals surface area (Å²) in [6.45, 7) is 5.67. The van der Waals surface area contributed by atoms with Gasteiger partial charge in [-0.25, -0.2) is 0 Å². The molecule has 0 unspecified atom stereocenters. The molecule has 0 saturated carbocycles. The van der Waals surface area contributed by atoms with Crippen LogP contribution in [0, 0.1) is 0 Å². The summed E-state index contributed by atoms with van der Waals surface area (Å²) in [6, 6.07) is 8.15. The topological polar surface area (TPSA) is 35.6 Å². The maximum Gasteiger partial charge on any atom is 0.254 e. The standard InChI is InChI=1S/C16H23N3O/c1-18-8-10-19(11-9-18)16(20)15-5-3-2-4-14(15)13-6-7-17-12-13/h2-5,13,17H,6-12H2,1H3/t13-/m1/s1. The van der Waals surface area contributed by atoms with Gasteiger partial charge in [0.15, 0.2) is 0 Å². The van der Waals surface area contributed by atoms with Crippen molar-refractivity contribution in [3.8, 4) is 0 Å². The lowest BCUT2D eigenvalue weighted by Gasteiger charge is -2.33. The van der Waals surface area contributed by atoms with Gasteiger partial charge in [0.1, 0.15) is 0 Å². The number of hydrogen-bond acceptors (Lipinski definition) is 3. The van der Waals surface area contributed by atoms with Crippen LogP contribution in [0.25, 0.3) is 0 Å². The Labute approximate surface area is 120 Å². The van der Waals surface area contributed by atoms with Crippen LogP contribution in [0.1, 0.15) is 28.3 Å². The number of rotatable bonds is 2. The maximum atomic E-state index is 12.8. The largest absolute Gasteiger partial charge is 0.336 e. The molecule has 20 heavy (non-hydrogen) atoms. The highest BCUT2D eigenvalue weighted by Gasteiger charge is 2.26. The van der Waals surface area contributed by atoms with E-state index in [2.05, 4.69) is 29.4 Å². The smallest absolute Gasteiger partial charge is 0.254 e. The van der Waals surface area contributed by atoms with Gasteiger partial charge in [-0.15, -0.1) is 0 Å². The minimum Gasteiger partial charge on any atom is -0.336 e. The molecule has 1 amide bonds. The fourth-order valence-corrected chi connectivity index (χ4v) is 3.15. The summed E-state index contributed by atoms with van der Waals surface area (Å²) < 4.78 is 0. The fraction of sp³-hybridized carbons (Fsp3) is 0.562. The van der Waals surface area contributed by atoms with E-state index in [9.17, 15) is 4.79 Å². The highest BCUT2D eigenvalue weighted by molar-refractivity contribution is 5.96. The van der Waals surface area contributed by atoms with E-state index < -0.39 is 0 Å². The van der Waals surface area contributed by atoms with Gasteiger partial charge in [0.05, 0.1) is 0 Å². The van der Waals surface area contributed by atoms with Crippen molar-refractivity contribution in [3.63, 3.8) is 0 Å². The van der Waals surface area contributed by atoms with Crippen LogP contribution in [0.15, 0.2) is 24.3 Å². The van der Waals surface area contributed by atoms with Gasteiger partial charge in [-0.3, -0.25) is 4.79 Å². The number of likely N-dealkylation sites (N-methyl/N-ethyl adjacent to an activating group) is 1. The van der Waals surface area contributed by atoms with Crippen molar-refractivity contribution in [2.24, 2.45) is 0 Å². The zero-order chi connectivity index (χ0) is 13.9. The van der Waals surface area contributed by atoms with Crippen molar-refractivity contribution in [3.05, 3.63) is 35.4 Å². The van der Waals surface area contributed by atoms with Gasteiger partial charge in [-0.05, 0) is 37.6 Å². The van der Waals surface area contributed by atoms with Crippen LogP contribution in [-0.4, -0.2) is 62.0 Å². The molecule has 2 aliphatic rings. The highest BCUT2D eigenvalue weighted by Crippen LogP contribution is 2.26. The number of nitrogens with zero attached hydrogens (tertiary/aromatic N) is 2. The predicted octanol–water partition coefficient (Wildman–Crippen LogP) is 1.15. The molecule has 0 spiro atoms. The van der Waals surface area contributed by atoms with Crippen LogP contribution in [0.4, 0.5) is 0 Å². The second-order valence-corrected chi connectivity index (χ2v) is 5.87. The van der Waals surface area contributed by atoms with E-state index in [1.807, 2.05) is 17.0 Å². The van der Waals surface area contributed by atoms with Gasteiger partial charge < -0.3 is 15.1 Å². The minimum atomic E-state index is 0.209. The average molecular weight is 273 g/mol. The Bertz CT molecular complexity index is 474. The number of benzene rings is 1. The Balaban J connectivity index is 1.80. The van der Waals surface area contributed by atoms with E-state index in [4.69, 9.17) is 0 Å². The van der Waals surface area contributed by atoms with Gasteiger partial charge in [0, 0.05) is 38.3 Å². The predicted molar refractivity (Wildman–Crippen MR) is 80.1 cm³/mol. The number of hydrogen-bond donors (Lipinski definition) is 1. The van der Waals surface area contributed by atoms with Crippen molar-refractivity contribution in [2.75, 3.05) is 46.3 Å². The van der Waals surface area contributed by atoms with Crippen LogP contribution < -0.4 is 5.32 Å². The Morgan fingerprint density at radius 3 is 2.65 bits per heavy atom. The minimum absolute atomic E-state index is 0.209. The van der Waals surface area contributed by atoms with Gasteiger partial charge in [0.2, 0.25) is 0 Å². The number of nitrogens with one attached hydrogen (secondary N) is 1. The van der Waals surface area contributed by atoms with Crippen molar-refractivity contribution in [1.82, 2.24) is 15.1 Å². The van der Waals surface area contributed by atoms with E-state index in [1.54, 1.807) is 0 Å². The normalized spacial score (nSPS) is 24.1. The summed E-state index contributed by atoms with van der Waals surface area (Å²) in [6.07, 6.45) is 1.13. The second kappa shape index (κ2) is 5.94. The first-order valence-corrected chi connectivity index (χ1v) is 7.53. The molecular weight excluding hydrogens is 250 g/mol. The second-order valence-electron chi connectivity index (χ2n) is 5.87. The lowest BCUT2D eigenvalue weighted by molar-refractivity contribution is 0.0662. The zero-order valence-corrected chi connectivity index (χ0v) is 12.1. The molecule has 0 aromatic heterocycles. The molecule has 2 saturated heterocycles. The first-order chi connectivity index (χ1) is 9.75. The zero-order valence-electron chi connectivity index (χ0n) is 12.1. The Hall–Kier alpha value is -1.39. The Kier molecular flexibility index (Phi) is 4.03. The lowest BCUT2D eigenvalue weighted by Crippen LogP contribution is -2.47. The van der Waals surface area contributed by atoms with Crippen molar-refractivity contribution >= 4 is 5.91 Å². The molecule has 2 fully saturated rings. The fourth-order valence-electron chi connectivity index (χ4n) is 3.15.